The highest BCUT2D eigenvalue weighted by atomic mass is 16.7. The zero-order chi connectivity index (χ0) is 31.7. The quantitative estimate of drug-likeness (QED) is 0.166. The first-order chi connectivity index (χ1) is 21.3. The molecule has 1 aromatic heterocycles. The Bertz CT molecular complexity index is 1320. The van der Waals surface area contributed by atoms with E-state index in [-0.39, 0.29) is 29.7 Å². The van der Waals surface area contributed by atoms with Crippen LogP contribution in [-0.4, -0.2) is 68.7 Å². The molecule has 44 heavy (non-hydrogen) atoms. The minimum atomic E-state index is -1.02. The summed E-state index contributed by atoms with van der Waals surface area (Å²) in [6, 6.07) is 20.2. The van der Waals surface area contributed by atoms with Crippen LogP contribution < -0.4 is 14.8 Å². The maximum atomic E-state index is 13.2. The molecule has 0 aliphatic rings. The van der Waals surface area contributed by atoms with Gasteiger partial charge in [0.2, 0.25) is 6.79 Å². The molecule has 1 N–H and O–H groups in total. The first-order valence-corrected chi connectivity index (χ1v) is 14.4. The molecule has 0 unspecified atom stereocenters. The Labute approximate surface area is 257 Å². The lowest BCUT2D eigenvalue weighted by Gasteiger charge is -2.26. The highest BCUT2D eigenvalue weighted by Crippen LogP contribution is 2.29. The number of hydrogen-bond acceptors (Lipinski definition) is 10. The number of nitrogens with one attached hydrogen (secondary N) is 1. The largest absolute Gasteiger partial charge is 0.493 e. The number of benzene rings is 2. The van der Waals surface area contributed by atoms with Crippen molar-refractivity contribution in [3.8, 4) is 11.5 Å². The number of hydrogen-bond donors (Lipinski definition) is 1. The molecule has 1 amide bonds. The van der Waals surface area contributed by atoms with E-state index in [4.69, 9.17) is 28.4 Å². The second-order valence-corrected chi connectivity index (χ2v) is 9.89. The molecule has 0 aliphatic carbocycles. The molecular formula is C33H40N2O9. The first-order valence-electron chi connectivity index (χ1n) is 14.4. The van der Waals surface area contributed by atoms with E-state index in [2.05, 4.69) is 10.3 Å². The van der Waals surface area contributed by atoms with Crippen LogP contribution in [0.3, 0.4) is 0 Å². The van der Waals surface area contributed by atoms with Gasteiger partial charge in [0.05, 0.1) is 20.3 Å². The summed E-state index contributed by atoms with van der Waals surface area (Å²) >= 11 is 0. The SMILES string of the molecule is CCOCC(=O)OCOc1c(OC)ccnc1C(=O)N[C@@H](C)C(=O)O[C@@H](C)[C@@H](COCc1ccccc1)Cc1ccccc1. The average molecular weight is 609 g/mol. The van der Waals surface area contributed by atoms with Crippen molar-refractivity contribution in [2.24, 2.45) is 5.92 Å². The molecular weight excluding hydrogens is 568 g/mol. The van der Waals surface area contributed by atoms with Crippen LogP contribution in [0.1, 0.15) is 42.4 Å². The number of nitrogens with zero attached hydrogens (tertiary/aromatic N) is 1. The molecule has 2 aromatic carbocycles. The predicted molar refractivity (Wildman–Crippen MR) is 161 cm³/mol. The minimum Gasteiger partial charge on any atom is -0.493 e. The molecule has 11 nitrogen and oxygen atoms in total. The molecule has 3 atom stereocenters. The van der Waals surface area contributed by atoms with E-state index in [9.17, 15) is 14.4 Å². The van der Waals surface area contributed by atoms with E-state index in [0.29, 0.717) is 26.2 Å². The number of pyridine rings is 1. The van der Waals surface area contributed by atoms with E-state index in [1.807, 2.05) is 67.6 Å². The monoisotopic (exact) mass is 608 g/mol. The summed E-state index contributed by atoms with van der Waals surface area (Å²) in [7, 11) is 1.39. The molecule has 236 valence electrons. The van der Waals surface area contributed by atoms with Crippen LogP contribution in [0.4, 0.5) is 0 Å². The summed E-state index contributed by atoms with van der Waals surface area (Å²) in [6.45, 7) is 5.49. The highest BCUT2D eigenvalue weighted by Gasteiger charge is 2.28. The van der Waals surface area contributed by atoms with Crippen LogP contribution >= 0.6 is 0 Å². The number of methoxy groups -OCH3 is 1. The molecule has 0 radical (unpaired) electrons. The van der Waals surface area contributed by atoms with Crippen molar-refractivity contribution < 1.29 is 42.8 Å². The Kier molecular flexibility index (Phi) is 14.1. The van der Waals surface area contributed by atoms with Crippen LogP contribution in [0.2, 0.25) is 0 Å². The van der Waals surface area contributed by atoms with Gasteiger partial charge in [-0.2, -0.15) is 0 Å². The Morgan fingerprint density at radius 1 is 0.909 bits per heavy atom. The van der Waals surface area contributed by atoms with Crippen molar-refractivity contribution in [2.75, 3.05) is 33.7 Å². The molecule has 0 aliphatic heterocycles. The lowest BCUT2D eigenvalue weighted by atomic mass is 9.95. The van der Waals surface area contributed by atoms with Crippen LogP contribution in [0.15, 0.2) is 72.9 Å². The van der Waals surface area contributed by atoms with Gasteiger partial charge in [0.25, 0.3) is 5.91 Å². The van der Waals surface area contributed by atoms with Gasteiger partial charge in [-0.3, -0.25) is 4.79 Å². The molecule has 0 saturated carbocycles. The molecule has 3 rings (SSSR count). The average Bonchev–Trinajstić information content (AvgIpc) is 3.04. The fourth-order valence-electron chi connectivity index (χ4n) is 4.16. The number of rotatable bonds is 18. The van der Waals surface area contributed by atoms with Gasteiger partial charge in [0, 0.05) is 24.8 Å². The van der Waals surface area contributed by atoms with Crippen molar-refractivity contribution >= 4 is 17.8 Å². The molecule has 0 saturated heterocycles. The van der Waals surface area contributed by atoms with Gasteiger partial charge in [0.1, 0.15) is 18.8 Å². The fraction of sp³-hybridized carbons (Fsp3) is 0.394. The third-order valence-corrected chi connectivity index (χ3v) is 6.60. The van der Waals surface area contributed by atoms with Gasteiger partial charge in [-0.1, -0.05) is 60.7 Å². The summed E-state index contributed by atoms with van der Waals surface area (Å²) in [4.78, 5) is 42.1. The number of carbonyl (C=O) groups is 3. The van der Waals surface area contributed by atoms with Crippen molar-refractivity contribution in [3.63, 3.8) is 0 Å². The lowest BCUT2D eigenvalue weighted by molar-refractivity contribution is -0.155. The maximum absolute atomic E-state index is 13.2. The number of aromatic nitrogens is 1. The zero-order valence-corrected chi connectivity index (χ0v) is 25.5. The second kappa shape index (κ2) is 18.2. The third-order valence-electron chi connectivity index (χ3n) is 6.60. The topological polar surface area (TPSA) is 132 Å². The maximum Gasteiger partial charge on any atom is 0.334 e. The van der Waals surface area contributed by atoms with Crippen LogP contribution in [0.25, 0.3) is 0 Å². The summed E-state index contributed by atoms with van der Waals surface area (Å²) in [5.74, 6) is -1.97. The van der Waals surface area contributed by atoms with Crippen molar-refractivity contribution in [3.05, 3.63) is 89.7 Å². The molecule has 3 aromatic rings. The Balaban J connectivity index is 1.62. The lowest BCUT2D eigenvalue weighted by Crippen LogP contribution is -2.42. The van der Waals surface area contributed by atoms with E-state index < -0.39 is 36.8 Å². The van der Waals surface area contributed by atoms with E-state index in [1.165, 1.54) is 26.3 Å². The second-order valence-electron chi connectivity index (χ2n) is 9.89. The smallest absolute Gasteiger partial charge is 0.334 e. The van der Waals surface area contributed by atoms with Crippen LogP contribution in [-0.2, 0) is 41.6 Å². The minimum absolute atomic E-state index is 0.0517. The van der Waals surface area contributed by atoms with Gasteiger partial charge >= 0.3 is 11.9 Å². The third kappa shape index (κ3) is 11.0. The first kappa shape index (κ1) is 34.0. The molecule has 11 heteroatoms. The standard InChI is InChI=1S/C33H40N2O9/c1-5-40-21-29(36)42-22-43-31-28(39-4)16-17-34-30(31)32(37)35-23(2)33(38)44-24(3)27(18-25-12-8-6-9-13-25)20-41-19-26-14-10-7-11-15-26/h6-17,23-24,27H,5,18-22H2,1-4H3,(H,35,37)/t23-,24-,27+/m0/s1. The highest BCUT2D eigenvalue weighted by molar-refractivity contribution is 5.98. The molecule has 0 fully saturated rings. The number of esters is 2. The van der Waals surface area contributed by atoms with Crippen molar-refractivity contribution in [1.29, 1.82) is 0 Å². The zero-order valence-electron chi connectivity index (χ0n) is 25.5. The van der Waals surface area contributed by atoms with Gasteiger partial charge < -0.3 is 33.7 Å². The summed E-state index contributed by atoms with van der Waals surface area (Å²) in [5.41, 5.74) is 1.98. The fourth-order valence-corrected chi connectivity index (χ4v) is 4.16. The van der Waals surface area contributed by atoms with Gasteiger partial charge in [-0.15, -0.1) is 0 Å². The van der Waals surface area contributed by atoms with E-state index in [0.717, 1.165) is 11.1 Å². The molecule has 0 spiro atoms. The molecule has 1 heterocycles. The molecule has 0 bridgehead atoms. The van der Waals surface area contributed by atoms with Crippen molar-refractivity contribution in [2.45, 2.75) is 45.9 Å². The van der Waals surface area contributed by atoms with Crippen LogP contribution in [0.5, 0.6) is 11.5 Å². The Hall–Kier alpha value is -4.48. The predicted octanol–water partition coefficient (Wildman–Crippen LogP) is 4.13. The normalized spacial score (nSPS) is 12.8. The van der Waals surface area contributed by atoms with Gasteiger partial charge in [0.15, 0.2) is 17.2 Å². The number of carbonyl (C=O) groups excluding carboxylic acids is 3. The Morgan fingerprint density at radius 2 is 1.59 bits per heavy atom. The summed E-state index contributed by atoms with van der Waals surface area (Å²) in [6.07, 6.45) is 1.48. The number of amides is 1. The van der Waals surface area contributed by atoms with E-state index >= 15 is 0 Å². The number of ether oxygens (including phenoxy) is 6. The van der Waals surface area contributed by atoms with Crippen LogP contribution in [0, 0.1) is 5.92 Å². The van der Waals surface area contributed by atoms with Crippen molar-refractivity contribution in [1.82, 2.24) is 10.3 Å². The van der Waals surface area contributed by atoms with E-state index in [1.54, 1.807) is 6.92 Å². The van der Waals surface area contributed by atoms with Gasteiger partial charge in [-0.25, -0.2) is 14.6 Å². The summed E-state index contributed by atoms with van der Waals surface area (Å²) in [5, 5.41) is 2.60. The van der Waals surface area contributed by atoms with Gasteiger partial charge in [-0.05, 0) is 38.3 Å². The summed E-state index contributed by atoms with van der Waals surface area (Å²) < 4.78 is 32.6. The Morgan fingerprint density at radius 3 is 2.25 bits per heavy atom.